The predicted octanol–water partition coefficient (Wildman–Crippen LogP) is 8.55. The molecule has 150 valence electrons. The van der Waals surface area contributed by atoms with Gasteiger partial charge in [-0.15, -0.1) is 0 Å². The molecule has 0 fully saturated rings. The lowest BCUT2D eigenvalue weighted by Crippen LogP contribution is -1.78. The number of hydrogen-bond acceptors (Lipinski definition) is 1. The molecule has 7 aromatic rings. The van der Waals surface area contributed by atoms with Crippen LogP contribution in [0.15, 0.2) is 114 Å². The normalized spacial score (nSPS) is 11.8. The zero-order valence-corrected chi connectivity index (χ0v) is 17.3. The van der Waals surface area contributed by atoms with Gasteiger partial charge in [0, 0.05) is 32.6 Å². The SMILES string of the molecule is c1ccc(-c2ccc3c(c2)[nH]c2ccc(-c4ccc5oc6ccccc6c5c4)cc23)cc1. The van der Waals surface area contributed by atoms with Crippen LogP contribution in [-0.2, 0) is 0 Å². The van der Waals surface area contributed by atoms with E-state index in [1.165, 1.54) is 33.0 Å². The molecule has 0 saturated heterocycles. The predicted molar refractivity (Wildman–Crippen MR) is 134 cm³/mol. The second-order valence-electron chi connectivity index (χ2n) is 8.32. The standard InChI is InChI=1S/C30H19NO/c1-2-6-19(7-3-1)22-10-13-23-25-16-20(11-14-27(25)31-28(23)18-22)21-12-15-30-26(17-21)24-8-4-5-9-29(24)32-30/h1-18,31H. The van der Waals surface area contributed by atoms with E-state index in [0.717, 1.165) is 33.0 Å². The molecule has 2 aromatic heterocycles. The van der Waals surface area contributed by atoms with Crippen molar-refractivity contribution in [2.45, 2.75) is 0 Å². The number of rotatable bonds is 2. The topological polar surface area (TPSA) is 28.9 Å². The molecule has 0 aliphatic rings. The summed E-state index contributed by atoms with van der Waals surface area (Å²) >= 11 is 0. The molecule has 1 N–H and O–H groups in total. The molecular formula is C30H19NO. The second kappa shape index (κ2) is 6.60. The molecule has 2 heterocycles. The number of furan rings is 1. The Morgan fingerprint density at radius 2 is 1.09 bits per heavy atom. The van der Waals surface area contributed by atoms with E-state index in [9.17, 15) is 0 Å². The molecule has 5 aromatic carbocycles. The molecule has 32 heavy (non-hydrogen) atoms. The zero-order chi connectivity index (χ0) is 21.1. The lowest BCUT2D eigenvalue weighted by atomic mass is 10.00. The van der Waals surface area contributed by atoms with E-state index in [1.54, 1.807) is 0 Å². The van der Waals surface area contributed by atoms with Crippen molar-refractivity contribution < 1.29 is 4.42 Å². The highest BCUT2D eigenvalue weighted by molar-refractivity contribution is 6.10. The summed E-state index contributed by atoms with van der Waals surface area (Å²) in [6.07, 6.45) is 0. The molecule has 7 rings (SSSR count). The molecule has 0 atom stereocenters. The zero-order valence-electron chi connectivity index (χ0n) is 17.3. The lowest BCUT2D eigenvalue weighted by molar-refractivity contribution is 0.669. The summed E-state index contributed by atoms with van der Waals surface area (Å²) in [7, 11) is 0. The third-order valence-corrected chi connectivity index (χ3v) is 6.42. The Labute approximate surface area is 184 Å². The van der Waals surface area contributed by atoms with Crippen LogP contribution >= 0.6 is 0 Å². The van der Waals surface area contributed by atoms with Crippen molar-refractivity contribution in [3.8, 4) is 22.3 Å². The number of benzene rings is 5. The first-order valence-corrected chi connectivity index (χ1v) is 10.9. The first-order chi connectivity index (χ1) is 15.8. The summed E-state index contributed by atoms with van der Waals surface area (Å²) in [6.45, 7) is 0. The van der Waals surface area contributed by atoms with Crippen molar-refractivity contribution in [2.75, 3.05) is 0 Å². The molecule has 0 aliphatic carbocycles. The van der Waals surface area contributed by atoms with Crippen LogP contribution in [0.25, 0.3) is 66.0 Å². The maximum atomic E-state index is 6.00. The van der Waals surface area contributed by atoms with Crippen molar-refractivity contribution in [1.82, 2.24) is 4.98 Å². The summed E-state index contributed by atoms with van der Waals surface area (Å²) in [5, 5.41) is 4.81. The summed E-state index contributed by atoms with van der Waals surface area (Å²) in [5.41, 5.74) is 9.03. The summed E-state index contributed by atoms with van der Waals surface area (Å²) in [6, 6.07) is 38.6. The lowest BCUT2D eigenvalue weighted by Gasteiger charge is -2.03. The molecule has 0 amide bonds. The van der Waals surface area contributed by atoms with Crippen molar-refractivity contribution in [1.29, 1.82) is 0 Å². The van der Waals surface area contributed by atoms with Gasteiger partial charge in [-0.3, -0.25) is 0 Å². The molecule has 0 unspecified atom stereocenters. The van der Waals surface area contributed by atoms with Crippen LogP contribution in [0, 0.1) is 0 Å². The highest BCUT2D eigenvalue weighted by Crippen LogP contribution is 2.35. The van der Waals surface area contributed by atoms with E-state index in [4.69, 9.17) is 4.42 Å². The first kappa shape index (κ1) is 17.4. The molecule has 0 aliphatic heterocycles. The van der Waals surface area contributed by atoms with Gasteiger partial charge in [-0.05, 0) is 58.7 Å². The molecule has 0 saturated carbocycles. The second-order valence-corrected chi connectivity index (χ2v) is 8.32. The van der Waals surface area contributed by atoms with Gasteiger partial charge >= 0.3 is 0 Å². The number of aromatic amines is 1. The van der Waals surface area contributed by atoms with Gasteiger partial charge in [0.25, 0.3) is 0 Å². The fourth-order valence-electron chi connectivity index (χ4n) is 4.80. The van der Waals surface area contributed by atoms with Crippen LogP contribution in [-0.4, -0.2) is 4.98 Å². The number of fused-ring (bicyclic) bond motifs is 6. The third kappa shape index (κ3) is 2.60. The Morgan fingerprint density at radius 1 is 0.406 bits per heavy atom. The maximum absolute atomic E-state index is 6.00. The molecule has 0 radical (unpaired) electrons. The van der Waals surface area contributed by atoms with Crippen LogP contribution < -0.4 is 0 Å². The summed E-state index contributed by atoms with van der Waals surface area (Å²) in [5.74, 6) is 0. The number of aromatic nitrogens is 1. The van der Waals surface area contributed by atoms with E-state index in [1.807, 2.05) is 12.1 Å². The van der Waals surface area contributed by atoms with Gasteiger partial charge < -0.3 is 9.40 Å². The highest BCUT2D eigenvalue weighted by atomic mass is 16.3. The molecule has 0 bridgehead atoms. The van der Waals surface area contributed by atoms with E-state index >= 15 is 0 Å². The maximum Gasteiger partial charge on any atom is 0.135 e. The quantitative estimate of drug-likeness (QED) is 0.304. The van der Waals surface area contributed by atoms with Gasteiger partial charge in [0.05, 0.1) is 0 Å². The Kier molecular flexibility index (Phi) is 3.58. The monoisotopic (exact) mass is 409 g/mol. The minimum absolute atomic E-state index is 0.927. The number of hydrogen-bond donors (Lipinski definition) is 1. The first-order valence-electron chi connectivity index (χ1n) is 10.9. The van der Waals surface area contributed by atoms with E-state index < -0.39 is 0 Å². The van der Waals surface area contributed by atoms with Gasteiger partial charge in [-0.2, -0.15) is 0 Å². The van der Waals surface area contributed by atoms with Crippen LogP contribution in [0.4, 0.5) is 0 Å². The summed E-state index contributed by atoms with van der Waals surface area (Å²) < 4.78 is 6.00. The Balaban J connectivity index is 1.38. The molecule has 0 spiro atoms. The van der Waals surface area contributed by atoms with Crippen molar-refractivity contribution in [2.24, 2.45) is 0 Å². The van der Waals surface area contributed by atoms with Crippen molar-refractivity contribution in [3.63, 3.8) is 0 Å². The van der Waals surface area contributed by atoms with Gasteiger partial charge in [0.2, 0.25) is 0 Å². The van der Waals surface area contributed by atoms with Gasteiger partial charge in [-0.25, -0.2) is 0 Å². The van der Waals surface area contributed by atoms with Gasteiger partial charge in [-0.1, -0.05) is 72.8 Å². The van der Waals surface area contributed by atoms with E-state index in [-0.39, 0.29) is 0 Å². The highest BCUT2D eigenvalue weighted by Gasteiger charge is 2.11. The third-order valence-electron chi connectivity index (χ3n) is 6.42. The fourth-order valence-corrected chi connectivity index (χ4v) is 4.80. The van der Waals surface area contributed by atoms with Gasteiger partial charge in [0.1, 0.15) is 11.2 Å². The number of para-hydroxylation sites is 1. The minimum atomic E-state index is 0.927. The van der Waals surface area contributed by atoms with Crippen LogP contribution in [0.2, 0.25) is 0 Å². The van der Waals surface area contributed by atoms with Crippen LogP contribution in [0.3, 0.4) is 0 Å². The Morgan fingerprint density at radius 3 is 2.00 bits per heavy atom. The minimum Gasteiger partial charge on any atom is -0.456 e. The van der Waals surface area contributed by atoms with Crippen molar-refractivity contribution in [3.05, 3.63) is 109 Å². The van der Waals surface area contributed by atoms with E-state index in [0.29, 0.717) is 0 Å². The van der Waals surface area contributed by atoms with Crippen molar-refractivity contribution >= 4 is 43.7 Å². The Hall–Kier alpha value is -4.30. The molecule has 2 heteroatoms. The molecule has 2 nitrogen and oxygen atoms in total. The van der Waals surface area contributed by atoms with E-state index in [2.05, 4.69) is 102 Å². The number of H-pyrrole nitrogens is 1. The number of nitrogens with one attached hydrogen (secondary N) is 1. The largest absolute Gasteiger partial charge is 0.456 e. The summed E-state index contributed by atoms with van der Waals surface area (Å²) in [4.78, 5) is 3.60. The average molecular weight is 409 g/mol. The van der Waals surface area contributed by atoms with Crippen LogP contribution in [0.5, 0.6) is 0 Å². The van der Waals surface area contributed by atoms with Crippen LogP contribution in [0.1, 0.15) is 0 Å². The van der Waals surface area contributed by atoms with Gasteiger partial charge in [0.15, 0.2) is 0 Å². The molecular weight excluding hydrogens is 390 g/mol. The fraction of sp³-hybridized carbons (Fsp3) is 0. The smallest absolute Gasteiger partial charge is 0.135 e. The Bertz CT molecular complexity index is 1770. The average Bonchev–Trinajstić information content (AvgIpc) is 3.41.